The van der Waals surface area contributed by atoms with E-state index in [9.17, 15) is 4.79 Å². The summed E-state index contributed by atoms with van der Waals surface area (Å²) in [6.07, 6.45) is 5.40. The molecule has 1 N–H and O–H groups in total. The summed E-state index contributed by atoms with van der Waals surface area (Å²) in [7, 11) is 1.97. The number of aryl methyl sites for hydroxylation is 1. The lowest BCUT2D eigenvalue weighted by Gasteiger charge is -2.09. The Bertz CT molecular complexity index is 1060. The zero-order chi connectivity index (χ0) is 17.9. The molecule has 0 atom stereocenters. The van der Waals surface area contributed by atoms with Gasteiger partial charge in [0.2, 0.25) is 0 Å². The molecule has 5 nitrogen and oxygen atoms in total. The van der Waals surface area contributed by atoms with Gasteiger partial charge in [-0.3, -0.25) is 9.78 Å². The molecular weight excluding hydrogens is 324 g/mol. The lowest BCUT2D eigenvalue weighted by atomic mass is 10.1. The molecule has 0 aliphatic heterocycles. The molecule has 1 aromatic carbocycles. The van der Waals surface area contributed by atoms with Gasteiger partial charge in [-0.2, -0.15) is 0 Å². The maximum atomic E-state index is 12.8. The average Bonchev–Trinajstić information content (AvgIpc) is 3.08. The van der Waals surface area contributed by atoms with Crippen LogP contribution in [-0.2, 0) is 13.6 Å². The van der Waals surface area contributed by atoms with Crippen LogP contribution in [0.3, 0.4) is 0 Å². The van der Waals surface area contributed by atoms with E-state index < -0.39 is 0 Å². The Balaban J connectivity index is 1.72. The minimum absolute atomic E-state index is 0.192. The van der Waals surface area contributed by atoms with E-state index in [2.05, 4.69) is 15.3 Å². The smallest absolute Gasteiger partial charge is 0.270 e. The van der Waals surface area contributed by atoms with Crippen molar-refractivity contribution in [2.45, 2.75) is 6.54 Å². The highest BCUT2D eigenvalue weighted by Crippen LogP contribution is 2.25. The summed E-state index contributed by atoms with van der Waals surface area (Å²) in [4.78, 5) is 21.5. The minimum Gasteiger partial charge on any atom is -0.350 e. The fourth-order valence-corrected chi connectivity index (χ4v) is 2.96. The van der Waals surface area contributed by atoms with Gasteiger partial charge in [-0.05, 0) is 23.8 Å². The topological polar surface area (TPSA) is 59.8 Å². The van der Waals surface area contributed by atoms with Crippen LogP contribution in [0.15, 0.2) is 73.2 Å². The first kappa shape index (κ1) is 16.0. The predicted octanol–water partition coefficient (Wildman–Crippen LogP) is 3.57. The number of amides is 1. The van der Waals surface area contributed by atoms with Crippen LogP contribution >= 0.6 is 0 Å². The van der Waals surface area contributed by atoms with Gasteiger partial charge in [0.15, 0.2) is 0 Å². The summed E-state index contributed by atoms with van der Waals surface area (Å²) in [5, 5.41) is 3.79. The Hall–Kier alpha value is -3.47. The molecule has 26 heavy (non-hydrogen) atoms. The first-order chi connectivity index (χ1) is 12.7. The number of nitrogens with one attached hydrogen (secondary N) is 1. The van der Waals surface area contributed by atoms with Crippen LogP contribution in [0.1, 0.15) is 16.1 Å². The van der Waals surface area contributed by atoms with E-state index in [1.54, 1.807) is 12.4 Å². The zero-order valence-corrected chi connectivity index (χ0v) is 14.4. The van der Waals surface area contributed by atoms with E-state index in [-0.39, 0.29) is 5.91 Å². The van der Waals surface area contributed by atoms with Crippen LogP contribution in [0.4, 0.5) is 0 Å². The summed E-state index contributed by atoms with van der Waals surface area (Å²) < 4.78 is 2.00. The standard InChI is InChI=1S/C21H18N4O/c1-25-11-9-17-19(25)12-18(16-7-3-2-4-8-16)24-20(17)21(26)23-14-15-6-5-10-22-13-15/h2-13H,14H2,1H3,(H,23,26). The molecule has 0 bridgehead atoms. The summed E-state index contributed by atoms with van der Waals surface area (Å²) >= 11 is 0. The van der Waals surface area contributed by atoms with Crippen molar-refractivity contribution in [3.63, 3.8) is 0 Å². The summed E-state index contributed by atoms with van der Waals surface area (Å²) in [5.74, 6) is -0.192. The van der Waals surface area contributed by atoms with E-state index in [4.69, 9.17) is 0 Å². The number of carbonyl (C=O) groups excluding carboxylic acids is 1. The first-order valence-electron chi connectivity index (χ1n) is 8.41. The highest BCUT2D eigenvalue weighted by atomic mass is 16.1. The molecule has 0 fully saturated rings. The number of pyridine rings is 2. The van der Waals surface area contributed by atoms with Crippen LogP contribution in [0.5, 0.6) is 0 Å². The van der Waals surface area contributed by atoms with Gasteiger partial charge in [0, 0.05) is 43.1 Å². The van der Waals surface area contributed by atoms with Gasteiger partial charge >= 0.3 is 0 Å². The number of hydrogen-bond acceptors (Lipinski definition) is 3. The van der Waals surface area contributed by atoms with Crippen molar-refractivity contribution in [3.05, 3.63) is 84.4 Å². The van der Waals surface area contributed by atoms with E-state index in [1.165, 1.54) is 0 Å². The fraction of sp³-hybridized carbons (Fsp3) is 0.0952. The van der Waals surface area contributed by atoms with Gasteiger partial charge in [-0.25, -0.2) is 4.98 Å². The predicted molar refractivity (Wildman–Crippen MR) is 102 cm³/mol. The molecule has 0 aliphatic carbocycles. The first-order valence-corrected chi connectivity index (χ1v) is 8.41. The number of hydrogen-bond donors (Lipinski definition) is 1. The minimum atomic E-state index is -0.192. The van der Waals surface area contributed by atoms with Crippen molar-refractivity contribution in [3.8, 4) is 11.3 Å². The Morgan fingerprint density at radius 3 is 2.73 bits per heavy atom. The van der Waals surface area contributed by atoms with Crippen molar-refractivity contribution < 1.29 is 4.79 Å². The average molecular weight is 342 g/mol. The van der Waals surface area contributed by atoms with Crippen LogP contribution in [0.2, 0.25) is 0 Å². The van der Waals surface area contributed by atoms with Gasteiger partial charge in [0.05, 0.1) is 11.2 Å². The van der Waals surface area contributed by atoms with Crippen molar-refractivity contribution in [2.75, 3.05) is 0 Å². The van der Waals surface area contributed by atoms with Crippen molar-refractivity contribution in [1.82, 2.24) is 19.9 Å². The number of rotatable bonds is 4. The van der Waals surface area contributed by atoms with E-state index in [0.29, 0.717) is 12.2 Å². The van der Waals surface area contributed by atoms with E-state index in [1.807, 2.05) is 72.4 Å². The van der Waals surface area contributed by atoms with Crippen LogP contribution in [-0.4, -0.2) is 20.4 Å². The quantitative estimate of drug-likeness (QED) is 0.617. The largest absolute Gasteiger partial charge is 0.350 e. The molecule has 0 saturated heterocycles. The summed E-state index contributed by atoms with van der Waals surface area (Å²) in [5.41, 5.74) is 4.13. The maximum Gasteiger partial charge on any atom is 0.270 e. The molecule has 3 heterocycles. The molecule has 4 aromatic rings. The lowest BCUT2D eigenvalue weighted by Crippen LogP contribution is -2.24. The van der Waals surface area contributed by atoms with Crippen LogP contribution in [0.25, 0.3) is 22.2 Å². The molecule has 128 valence electrons. The molecule has 0 radical (unpaired) electrons. The normalized spacial score (nSPS) is 10.8. The molecule has 0 spiro atoms. The third kappa shape index (κ3) is 3.07. The van der Waals surface area contributed by atoms with Gasteiger partial charge < -0.3 is 9.88 Å². The third-order valence-electron chi connectivity index (χ3n) is 4.34. The van der Waals surface area contributed by atoms with Crippen LogP contribution < -0.4 is 5.32 Å². The number of fused-ring (bicyclic) bond motifs is 1. The Kier molecular flexibility index (Phi) is 4.19. The lowest BCUT2D eigenvalue weighted by molar-refractivity contribution is 0.0948. The van der Waals surface area contributed by atoms with Gasteiger partial charge in [-0.15, -0.1) is 0 Å². The Morgan fingerprint density at radius 1 is 1.12 bits per heavy atom. The maximum absolute atomic E-state index is 12.8. The molecule has 0 saturated carbocycles. The second-order valence-electron chi connectivity index (χ2n) is 6.13. The fourth-order valence-electron chi connectivity index (χ4n) is 2.96. The van der Waals surface area contributed by atoms with E-state index >= 15 is 0 Å². The van der Waals surface area contributed by atoms with Crippen LogP contribution in [0, 0.1) is 0 Å². The monoisotopic (exact) mass is 342 g/mol. The number of carbonyl (C=O) groups is 1. The van der Waals surface area contributed by atoms with Gasteiger partial charge in [0.25, 0.3) is 5.91 Å². The molecule has 5 heteroatoms. The molecule has 0 aliphatic rings. The Labute approximate surface area is 151 Å². The van der Waals surface area contributed by atoms with Gasteiger partial charge in [-0.1, -0.05) is 36.4 Å². The second-order valence-corrected chi connectivity index (χ2v) is 6.13. The number of aromatic nitrogens is 3. The van der Waals surface area contributed by atoms with Gasteiger partial charge in [0.1, 0.15) is 5.69 Å². The molecule has 1 amide bonds. The number of nitrogens with zero attached hydrogens (tertiary/aromatic N) is 3. The van der Waals surface area contributed by atoms with Crippen molar-refractivity contribution >= 4 is 16.8 Å². The molecule has 4 rings (SSSR count). The SMILES string of the molecule is Cn1ccc2c(C(=O)NCc3cccnc3)nc(-c3ccccc3)cc21. The third-order valence-corrected chi connectivity index (χ3v) is 4.34. The molecule has 0 unspecified atom stereocenters. The van der Waals surface area contributed by atoms with Crippen molar-refractivity contribution in [1.29, 1.82) is 0 Å². The molecular formula is C21H18N4O. The highest BCUT2D eigenvalue weighted by Gasteiger charge is 2.16. The van der Waals surface area contributed by atoms with E-state index in [0.717, 1.165) is 27.7 Å². The Morgan fingerprint density at radius 2 is 1.96 bits per heavy atom. The zero-order valence-electron chi connectivity index (χ0n) is 14.4. The summed E-state index contributed by atoms with van der Waals surface area (Å²) in [6, 6.07) is 17.6. The summed E-state index contributed by atoms with van der Waals surface area (Å²) in [6.45, 7) is 0.415. The highest BCUT2D eigenvalue weighted by molar-refractivity contribution is 6.05. The van der Waals surface area contributed by atoms with Crippen molar-refractivity contribution in [2.24, 2.45) is 7.05 Å². The second kappa shape index (κ2) is 6.80. The molecule has 3 aromatic heterocycles. The number of benzene rings is 1.